The Kier molecular flexibility index (Phi) is 9.23. The van der Waals surface area contributed by atoms with Crippen LogP contribution in [0.2, 0.25) is 0 Å². The highest BCUT2D eigenvalue weighted by Gasteiger charge is 2.02. The Morgan fingerprint density at radius 2 is 1.00 bits per heavy atom. The molecule has 0 radical (unpaired) electrons. The van der Waals surface area contributed by atoms with Crippen LogP contribution in [-0.2, 0) is 0 Å². The molecule has 0 saturated heterocycles. The van der Waals surface area contributed by atoms with Crippen LogP contribution in [0, 0.1) is 0 Å². The van der Waals surface area contributed by atoms with Crippen LogP contribution in [0.4, 0.5) is 0 Å². The van der Waals surface area contributed by atoms with Gasteiger partial charge in [-0.05, 0) is 48.5 Å². The largest absolute Gasteiger partial charge is 0.271 e. The number of pyridine rings is 4. The predicted molar refractivity (Wildman–Crippen MR) is 127 cm³/mol. The van der Waals surface area contributed by atoms with Gasteiger partial charge in [-0.25, -0.2) is 10.9 Å². The first-order valence-corrected chi connectivity index (χ1v) is 10.0. The average molecular weight is 452 g/mol. The van der Waals surface area contributed by atoms with Gasteiger partial charge in [-0.2, -0.15) is 10.2 Å². The number of hydrogen-bond donors (Lipinski definition) is 2. The molecule has 0 fully saturated rings. The summed E-state index contributed by atoms with van der Waals surface area (Å²) in [6, 6.07) is 17.4. The van der Waals surface area contributed by atoms with Gasteiger partial charge in [0.1, 0.15) is 0 Å². The van der Waals surface area contributed by atoms with Crippen LogP contribution in [0.3, 0.4) is 0 Å². The van der Waals surface area contributed by atoms with Gasteiger partial charge < -0.3 is 0 Å². The molecule has 0 spiro atoms. The van der Waals surface area contributed by atoms with Gasteiger partial charge in [-0.15, -0.1) is 0 Å². The molecule has 4 heterocycles. The topological polar surface area (TPSA) is 134 Å². The van der Waals surface area contributed by atoms with E-state index in [1.165, 1.54) is 12.4 Å². The van der Waals surface area contributed by atoms with Crippen LogP contribution < -0.4 is 10.9 Å². The number of carbonyl (C=O) groups is 2. The van der Waals surface area contributed by atoms with Crippen LogP contribution in [0.5, 0.6) is 0 Å². The van der Waals surface area contributed by atoms with Gasteiger partial charge in [0.25, 0.3) is 11.8 Å². The Morgan fingerprint density at radius 3 is 1.35 bits per heavy atom. The number of hydrazone groups is 2. The Hall–Kier alpha value is -5.12. The van der Waals surface area contributed by atoms with Gasteiger partial charge in [-0.3, -0.25) is 29.5 Å². The van der Waals surface area contributed by atoms with Crippen LogP contribution in [0.15, 0.2) is 108 Å². The van der Waals surface area contributed by atoms with E-state index >= 15 is 0 Å². The van der Waals surface area contributed by atoms with Crippen molar-refractivity contribution >= 4 is 24.2 Å². The highest BCUT2D eigenvalue weighted by atomic mass is 16.2. The molecule has 168 valence electrons. The van der Waals surface area contributed by atoms with Crippen LogP contribution in [-0.4, -0.2) is 44.2 Å². The standard InChI is InChI=1S/2C12H10N4O/c2*17-12(10-4-7-13-8-5-10)16-15-9-11-3-1-2-6-14-11/h2*1-9H,(H,16,17)/b2*15-9-. The third kappa shape index (κ3) is 8.19. The molecule has 0 aromatic carbocycles. The Bertz CT molecular complexity index is 1120. The second-order valence-corrected chi connectivity index (χ2v) is 6.38. The van der Waals surface area contributed by atoms with Gasteiger partial charge >= 0.3 is 0 Å². The van der Waals surface area contributed by atoms with E-state index in [2.05, 4.69) is 41.0 Å². The van der Waals surface area contributed by atoms with Crippen molar-refractivity contribution in [3.05, 3.63) is 120 Å². The van der Waals surface area contributed by atoms with E-state index in [1.54, 1.807) is 73.6 Å². The lowest BCUT2D eigenvalue weighted by atomic mass is 10.3. The van der Waals surface area contributed by atoms with Crippen molar-refractivity contribution < 1.29 is 9.59 Å². The SMILES string of the molecule is O=C(N/N=C\c1ccccn1)c1ccncc1.O=C(N/N=C\c1ccccn1)c1ccncc1. The third-order valence-corrected chi connectivity index (χ3v) is 3.99. The first kappa shape index (κ1) is 23.5. The summed E-state index contributed by atoms with van der Waals surface area (Å²) in [6.45, 7) is 0. The van der Waals surface area contributed by atoms with Gasteiger partial charge in [0.2, 0.25) is 0 Å². The van der Waals surface area contributed by atoms with E-state index in [1.807, 2.05) is 24.3 Å². The second kappa shape index (κ2) is 13.3. The molecular weight excluding hydrogens is 432 g/mol. The van der Waals surface area contributed by atoms with E-state index in [-0.39, 0.29) is 11.8 Å². The van der Waals surface area contributed by atoms with Gasteiger partial charge in [0.05, 0.1) is 23.8 Å². The monoisotopic (exact) mass is 452 g/mol. The zero-order valence-electron chi connectivity index (χ0n) is 17.9. The minimum Gasteiger partial charge on any atom is -0.267 e. The molecule has 0 unspecified atom stereocenters. The van der Waals surface area contributed by atoms with Crippen molar-refractivity contribution in [2.45, 2.75) is 0 Å². The first-order valence-electron chi connectivity index (χ1n) is 10.0. The highest BCUT2D eigenvalue weighted by molar-refractivity contribution is 5.95. The zero-order valence-corrected chi connectivity index (χ0v) is 17.9. The molecule has 34 heavy (non-hydrogen) atoms. The fourth-order valence-electron chi connectivity index (χ4n) is 2.35. The van der Waals surface area contributed by atoms with Gasteiger partial charge in [-0.1, -0.05) is 12.1 Å². The minimum absolute atomic E-state index is 0.278. The smallest absolute Gasteiger partial charge is 0.267 e. The molecule has 0 aliphatic heterocycles. The van der Waals surface area contributed by atoms with Crippen LogP contribution in [0.1, 0.15) is 32.1 Å². The molecule has 0 aliphatic rings. The van der Waals surface area contributed by atoms with Crippen molar-refractivity contribution in [3.8, 4) is 0 Å². The summed E-state index contributed by atoms with van der Waals surface area (Å²) < 4.78 is 0. The Morgan fingerprint density at radius 1 is 0.588 bits per heavy atom. The van der Waals surface area contributed by atoms with Crippen molar-refractivity contribution in [2.75, 3.05) is 0 Å². The van der Waals surface area contributed by atoms with Crippen molar-refractivity contribution in [2.24, 2.45) is 10.2 Å². The van der Waals surface area contributed by atoms with Gasteiger partial charge in [0.15, 0.2) is 0 Å². The molecule has 0 saturated carbocycles. The molecular formula is C24H20N8O2. The molecule has 2 amide bonds. The normalized spacial score (nSPS) is 10.4. The summed E-state index contributed by atoms with van der Waals surface area (Å²) in [6.07, 6.45) is 12.5. The van der Waals surface area contributed by atoms with E-state index in [4.69, 9.17) is 0 Å². The van der Waals surface area contributed by atoms with E-state index in [0.29, 0.717) is 22.5 Å². The number of hydrogen-bond acceptors (Lipinski definition) is 8. The lowest BCUT2D eigenvalue weighted by molar-refractivity contribution is 0.0947. The lowest BCUT2D eigenvalue weighted by Gasteiger charge is -1.97. The van der Waals surface area contributed by atoms with Crippen molar-refractivity contribution in [3.63, 3.8) is 0 Å². The number of nitrogens with zero attached hydrogens (tertiary/aromatic N) is 6. The van der Waals surface area contributed by atoms with E-state index in [9.17, 15) is 9.59 Å². The molecule has 4 rings (SSSR count). The summed E-state index contributed by atoms with van der Waals surface area (Å²) in [7, 11) is 0. The third-order valence-electron chi connectivity index (χ3n) is 3.99. The number of amides is 2. The minimum atomic E-state index is -0.278. The van der Waals surface area contributed by atoms with E-state index in [0.717, 1.165) is 0 Å². The quantitative estimate of drug-likeness (QED) is 0.341. The fourth-order valence-corrected chi connectivity index (χ4v) is 2.35. The second-order valence-electron chi connectivity index (χ2n) is 6.38. The number of aromatic nitrogens is 4. The number of rotatable bonds is 6. The maximum atomic E-state index is 11.6. The maximum Gasteiger partial charge on any atom is 0.271 e. The Labute approximate surface area is 195 Å². The number of carbonyl (C=O) groups excluding carboxylic acids is 2. The van der Waals surface area contributed by atoms with Crippen molar-refractivity contribution in [1.82, 2.24) is 30.8 Å². The predicted octanol–water partition coefficient (Wildman–Crippen LogP) is 2.48. The molecule has 10 nitrogen and oxygen atoms in total. The molecule has 10 heteroatoms. The summed E-state index contributed by atoms with van der Waals surface area (Å²) in [5, 5.41) is 7.62. The summed E-state index contributed by atoms with van der Waals surface area (Å²) >= 11 is 0. The number of nitrogens with one attached hydrogen (secondary N) is 2. The van der Waals surface area contributed by atoms with E-state index < -0.39 is 0 Å². The highest BCUT2D eigenvalue weighted by Crippen LogP contribution is 1.96. The van der Waals surface area contributed by atoms with Crippen LogP contribution >= 0.6 is 0 Å². The summed E-state index contributed by atoms with van der Waals surface area (Å²) in [4.78, 5) is 38.9. The van der Waals surface area contributed by atoms with Crippen LogP contribution in [0.25, 0.3) is 0 Å². The molecule has 4 aromatic heterocycles. The zero-order chi connectivity index (χ0) is 23.8. The molecule has 2 N–H and O–H groups in total. The van der Waals surface area contributed by atoms with Gasteiger partial charge in [0, 0.05) is 48.3 Å². The average Bonchev–Trinajstić information content (AvgIpc) is 2.91. The molecule has 4 aromatic rings. The maximum absolute atomic E-state index is 11.6. The summed E-state index contributed by atoms with van der Waals surface area (Å²) in [5.41, 5.74) is 7.21. The molecule has 0 aliphatic carbocycles. The first-order chi connectivity index (χ1) is 16.7. The Balaban J connectivity index is 0.000000191. The molecule has 0 atom stereocenters. The fraction of sp³-hybridized carbons (Fsp3) is 0. The summed E-state index contributed by atoms with van der Waals surface area (Å²) in [5.74, 6) is -0.556. The lowest BCUT2D eigenvalue weighted by Crippen LogP contribution is -2.17. The molecule has 0 bridgehead atoms. The van der Waals surface area contributed by atoms with Crippen molar-refractivity contribution in [1.29, 1.82) is 0 Å².